The van der Waals surface area contributed by atoms with E-state index in [0.29, 0.717) is 17.6 Å². The molecule has 8 heteroatoms. The first-order valence-electron chi connectivity index (χ1n) is 8.73. The summed E-state index contributed by atoms with van der Waals surface area (Å²) in [5, 5.41) is 0.624. The highest BCUT2D eigenvalue weighted by Gasteiger charge is 2.38. The fraction of sp³-hybridized carbons (Fsp3) is 0.421. The fourth-order valence-electron chi connectivity index (χ4n) is 3.49. The zero-order valence-electron chi connectivity index (χ0n) is 15.9. The summed E-state index contributed by atoms with van der Waals surface area (Å²) in [5.74, 6) is -1.04. The Bertz CT molecular complexity index is 921. The van der Waals surface area contributed by atoms with Gasteiger partial charge in [-0.2, -0.15) is 0 Å². The van der Waals surface area contributed by atoms with Crippen molar-refractivity contribution in [3.8, 4) is 0 Å². The van der Waals surface area contributed by atoms with Crippen molar-refractivity contribution in [3.05, 3.63) is 35.8 Å². The van der Waals surface area contributed by atoms with Gasteiger partial charge in [0.05, 0.1) is 6.54 Å². The van der Waals surface area contributed by atoms with Gasteiger partial charge in [0.15, 0.2) is 0 Å². The van der Waals surface area contributed by atoms with E-state index in [1.54, 1.807) is 42.7 Å². The minimum atomic E-state index is -0.750. The number of nitrogens with zero attached hydrogens (tertiary/aromatic N) is 4. The van der Waals surface area contributed by atoms with Crippen molar-refractivity contribution >= 4 is 28.6 Å². The molecule has 7 nitrogen and oxygen atoms in total. The number of halogens is 1. The van der Waals surface area contributed by atoms with Crippen LogP contribution in [0.25, 0.3) is 10.9 Å². The molecule has 27 heavy (non-hydrogen) atoms. The Hall–Kier alpha value is -2.90. The zero-order valence-corrected chi connectivity index (χ0v) is 15.9. The molecule has 0 bridgehead atoms. The van der Waals surface area contributed by atoms with Crippen LogP contribution in [0.4, 0.5) is 4.39 Å². The van der Waals surface area contributed by atoms with E-state index in [0.717, 1.165) is 5.52 Å². The van der Waals surface area contributed by atoms with Gasteiger partial charge in [0, 0.05) is 52.1 Å². The van der Waals surface area contributed by atoms with Crippen LogP contribution in [0.5, 0.6) is 0 Å². The molecule has 1 aliphatic rings. The summed E-state index contributed by atoms with van der Waals surface area (Å²) in [6.45, 7) is 2.25. The number of piperazine rings is 1. The predicted octanol–water partition coefficient (Wildman–Crippen LogP) is 1.08. The number of rotatable bonds is 2. The molecule has 0 N–H and O–H groups in total. The van der Waals surface area contributed by atoms with E-state index in [-0.39, 0.29) is 36.6 Å². The number of hydrogen-bond acceptors (Lipinski definition) is 3. The first-order valence-corrected chi connectivity index (χ1v) is 8.73. The topological polar surface area (TPSA) is 65.9 Å². The Morgan fingerprint density at radius 2 is 1.85 bits per heavy atom. The molecule has 0 saturated carbocycles. The molecule has 144 valence electrons. The molecule has 1 aromatic heterocycles. The third-order valence-corrected chi connectivity index (χ3v) is 5.04. The smallest absolute Gasteiger partial charge is 0.271 e. The monoisotopic (exact) mass is 374 g/mol. The van der Waals surface area contributed by atoms with Crippen LogP contribution in [0.2, 0.25) is 0 Å². The van der Waals surface area contributed by atoms with E-state index in [9.17, 15) is 18.8 Å². The maximum atomic E-state index is 13.5. The molecule has 1 saturated heterocycles. The molecule has 1 fully saturated rings. The number of amides is 3. The maximum Gasteiger partial charge on any atom is 0.271 e. The van der Waals surface area contributed by atoms with Gasteiger partial charge >= 0.3 is 0 Å². The summed E-state index contributed by atoms with van der Waals surface area (Å²) >= 11 is 0. The van der Waals surface area contributed by atoms with E-state index >= 15 is 0 Å². The van der Waals surface area contributed by atoms with E-state index in [1.165, 1.54) is 28.9 Å². The van der Waals surface area contributed by atoms with Crippen LogP contribution in [-0.4, -0.2) is 76.8 Å². The van der Waals surface area contributed by atoms with Crippen LogP contribution in [0, 0.1) is 5.82 Å². The third-order valence-electron chi connectivity index (χ3n) is 5.04. The average Bonchev–Trinajstić information content (AvgIpc) is 2.95. The lowest BCUT2D eigenvalue weighted by Gasteiger charge is -2.41. The quantitative estimate of drug-likeness (QED) is 0.790. The molecule has 3 rings (SSSR count). The first-order chi connectivity index (χ1) is 12.7. The third kappa shape index (κ3) is 3.39. The van der Waals surface area contributed by atoms with Crippen molar-refractivity contribution in [2.75, 3.05) is 33.7 Å². The van der Waals surface area contributed by atoms with Crippen molar-refractivity contribution in [3.63, 3.8) is 0 Å². The Morgan fingerprint density at radius 3 is 2.48 bits per heavy atom. The van der Waals surface area contributed by atoms with Crippen molar-refractivity contribution in [2.24, 2.45) is 7.05 Å². The Labute approximate surface area is 156 Å². The van der Waals surface area contributed by atoms with Gasteiger partial charge in [0.2, 0.25) is 11.8 Å². The highest BCUT2D eigenvalue weighted by atomic mass is 19.1. The van der Waals surface area contributed by atoms with Crippen LogP contribution >= 0.6 is 0 Å². The number of likely N-dealkylation sites (N-methyl/N-ethyl adjacent to an activating group) is 1. The lowest BCUT2D eigenvalue weighted by molar-refractivity contribution is -0.139. The van der Waals surface area contributed by atoms with Crippen molar-refractivity contribution in [1.29, 1.82) is 0 Å². The SMILES string of the molecule is CC(=O)N1CCN(C(=O)c2cc3cc(F)ccc3n2C)C(C(=O)N(C)C)C1. The van der Waals surface area contributed by atoms with Gasteiger partial charge in [-0.3, -0.25) is 14.4 Å². The van der Waals surface area contributed by atoms with Crippen LogP contribution in [0.3, 0.4) is 0 Å². The Morgan fingerprint density at radius 1 is 1.15 bits per heavy atom. The molecule has 1 atom stereocenters. The molecule has 2 aromatic rings. The lowest BCUT2D eigenvalue weighted by Crippen LogP contribution is -2.61. The largest absolute Gasteiger partial charge is 0.347 e. The molecule has 2 heterocycles. The number of aromatic nitrogens is 1. The van der Waals surface area contributed by atoms with E-state index < -0.39 is 6.04 Å². The minimum absolute atomic E-state index is 0.126. The first kappa shape index (κ1) is 18.9. The zero-order chi connectivity index (χ0) is 19.9. The number of fused-ring (bicyclic) bond motifs is 1. The number of carbonyl (C=O) groups is 3. The minimum Gasteiger partial charge on any atom is -0.347 e. The summed E-state index contributed by atoms with van der Waals surface area (Å²) in [4.78, 5) is 42.1. The second kappa shape index (κ2) is 7.02. The summed E-state index contributed by atoms with van der Waals surface area (Å²) in [6.07, 6.45) is 0. The molecular weight excluding hydrogens is 351 g/mol. The van der Waals surface area contributed by atoms with Crippen LogP contribution in [-0.2, 0) is 16.6 Å². The molecule has 1 aliphatic heterocycles. The highest BCUT2D eigenvalue weighted by Crippen LogP contribution is 2.23. The standard InChI is InChI=1S/C19H23FN4O3/c1-12(25)23-7-8-24(17(11-23)18(26)21(2)3)19(27)16-10-13-9-14(20)5-6-15(13)22(16)4/h5-6,9-10,17H,7-8,11H2,1-4H3. The predicted molar refractivity (Wildman–Crippen MR) is 98.6 cm³/mol. The van der Waals surface area contributed by atoms with Gasteiger partial charge in [-0.1, -0.05) is 0 Å². The molecule has 1 aromatic carbocycles. The number of hydrogen-bond donors (Lipinski definition) is 0. The number of benzene rings is 1. The van der Waals surface area contributed by atoms with E-state index in [4.69, 9.17) is 0 Å². The molecule has 0 spiro atoms. The van der Waals surface area contributed by atoms with E-state index in [2.05, 4.69) is 0 Å². The van der Waals surface area contributed by atoms with Gasteiger partial charge in [-0.15, -0.1) is 0 Å². The second-order valence-corrected chi connectivity index (χ2v) is 7.00. The summed E-state index contributed by atoms with van der Waals surface area (Å²) in [6, 6.07) is 5.23. The normalized spacial score (nSPS) is 17.3. The van der Waals surface area contributed by atoms with E-state index in [1.807, 2.05) is 0 Å². The lowest BCUT2D eigenvalue weighted by atomic mass is 10.1. The Kier molecular flexibility index (Phi) is 4.91. The van der Waals surface area contributed by atoms with Gasteiger partial charge in [-0.25, -0.2) is 4.39 Å². The fourth-order valence-corrected chi connectivity index (χ4v) is 3.49. The maximum absolute atomic E-state index is 13.5. The van der Waals surface area contributed by atoms with Crippen LogP contribution < -0.4 is 0 Å². The van der Waals surface area contributed by atoms with Gasteiger partial charge in [0.25, 0.3) is 5.91 Å². The summed E-state index contributed by atoms with van der Waals surface area (Å²) in [5.41, 5.74) is 1.11. The van der Waals surface area contributed by atoms with Gasteiger partial charge < -0.3 is 19.3 Å². The molecule has 0 radical (unpaired) electrons. The van der Waals surface area contributed by atoms with Gasteiger partial charge in [-0.05, 0) is 24.3 Å². The summed E-state index contributed by atoms with van der Waals surface area (Å²) in [7, 11) is 4.98. The van der Waals surface area contributed by atoms with Crippen molar-refractivity contribution < 1.29 is 18.8 Å². The second-order valence-electron chi connectivity index (χ2n) is 7.00. The Balaban J connectivity index is 1.97. The van der Waals surface area contributed by atoms with Crippen LogP contribution in [0.15, 0.2) is 24.3 Å². The van der Waals surface area contributed by atoms with Crippen molar-refractivity contribution in [2.45, 2.75) is 13.0 Å². The molecule has 3 amide bonds. The number of carbonyl (C=O) groups excluding carboxylic acids is 3. The molecule has 0 aliphatic carbocycles. The summed E-state index contributed by atoms with van der Waals surface area (Å²) < 4.78 is 15.2. The molecular formula is C19H23FN4O3. The highest BCUT2D eigenvalue weighted by molar-refractivity contribution is 6.01. The van der Waals surface area contributed by atoms with Crippen LogP contribution in [0.1, 0.15) is 17.4 Å². The average molecular weight is 374 g/mol. The molecule has 1 unspecified atom stereocenters. The van der Waals surface area contributed by atoms with Crippen molar-refractivity contribution in [1.82, 2.24) is 19.3 Å². The van der Waals surface area contributed by atoms with Gasteiger partial charge in [0.1, 0.15) is 17.6 Å². The number of aryl methyl sites for hydroxylation is 1.